The van der Waals surface area contributed by atoms with Gasteiger partial charge in [-0.05, 0) is 42.2 Å². The molecule has 180 valence electrons. The lowest BCUT2D eigenvalue weighted by atomic mass is 9.77. The molecule has 3 aliphatic heterocycles. The Labute approximate surface area is 204 Å². The number of fused-ring (bicyclic) bond motifs is 2. The van der Waals surface area contributed by atoms with E-state index in [-0.39, 0.29) is 17.9 Å². The fourth-order valence-corrected chi connectivity index (χ4v) is 5.90. The second-order valence-electron chi connectivity index (χ2n) is 9.66. The van der Waals surface area contributed by atoms with Crippen LogP contribution in [-0.4, -0.2) is 60.1 Å². The zero-order valence-electron chi connectivity index (χ0n) is 19.7. The van der Waals surface area contributed by atoms with Gasteiger partial charge < -0.3 is 24.7 Å². The molecule has 6 rings (SSSR count). The molecule has 0 radical (unpaired) electrons. The Morgan fingerprint density at radius 1 is 1.20 bits per heavy atom. The van der Waals surface area contributed by atoms with Crippen LogP contribution in [0, 0.1) is 11.8 Å². The van der Waals surface area contributed by atoms with Crippen LogP contribution in [0.5, 0.6) is 5.75 Å². The number of benzene rings is 2. The van der Waals surface area contributed by atoms with E-state index in [2.05, 4.69) is 22.4 Å². The number of likely N-dealkylation sites (tertiary alicyclic amines) is 1. The van der Waals surface area contributed by atoms with E-state index < -0.39 is 17.4 Å². The Balaban J connectivity index is 1.10. The van der Waals surface area contributed by atoms with Crippen molar-refractivity contribution < 1.29 is 19.1 Å². The summed E-state index contributed by atoms with van der Waals surface area (Å²) in [6, 6.07) is 16.0. The number of carbonyl (C=O) groups is 2. The maximum absolute atomic E-state index is 13.5. The maximum Gasteiger partial charge on any atom is 0.230 e. The highest BCUT2D eigenvalue weighted by molar-refractivity contribution is 5.93. The summed E-state index contributed by atoms with van der Waals surface area (Å²) < 4.78 is 11.5. The molecule has 2 saturated heterocycles. The van der Waals surface area contributed by atoms with Crippen LogP contribution in [0.4, 0.5) is 0 Å². The minimum atomic E-state index is -0.681. The first-order valence-electron chi connectivity index (χ1n) is 12.2. The van der Waals surface area contributed by atoms with Gasteiger partial charge in [-0.15, -0.1) is 0 Å². The van der Waals surface area contributed by atoms with Gasteiger partial charge >= 0.3 is 0 Å². The summed E-state index contributed by atoms with van der Waals surface area (Å²) in [5, 5.41) is 4.23. The van der Waals surface area contributed by atoms with Crippen LogP contribution < -0.4 is 10.1 Å². The molecule has 2 aromatic carbocycles. The lowest BCUT2D eigenvalue weighted by Gasteiger charge is -2.23. The first kappa shape index (κ1) is 21.9. The number of aromatic amines is 1. The molecule has 4 unspecified atom stereocenters. The van der Waals surface area contributed by atoms with Crippen LogP contribution >= 0.6 is 0 Å². The van der Waals surface area contributed by atoms with Crippen molar-refractivity contribution in [1.29, 1.82) is 0 Å². The van der Waals surface area contributed by atoms with E-state index in [9.17, 15) is 9.59 Å². The van der Waals surface area contributed by atoms with Crippen molar-refractivity contribution in [3.05, 3.63) is 78.0 Å². The van der Waals surface area contributed by atoms with Gasteiger partial charge in [0.15, 0.2) is 0 Å². The lowest BCUT2D eigenvalue weighted by Crippen LogP contribution is -2.44. The number of methoxy groups -OCH3 is 1. The molecule has 0 aliphatic carbocycles. The molecule has 0 saturated carbocycles. The number of carbonyl (C=O) groups excluding carboxylic acids is 2. The summed E-state index contributed by atoms with van der Waals surface area (Å²) in [6.45, 7) is 1.62. The van der Waals surface area contributed by atoms with Crippen molar-refractivity contribution in [2.75, 3.05) is 26.7 Å². The predicted molar refractivity (Wildman–Crippen MR) is 132 cm³/mol. The second-order valence-corrected chi connectivity index (χ2v) is 9.66. The van der Waals surface area contributed by atoms with Crippen molar-refractivity contribution in [3.8, 4) is 5.75 Å². The van der Waals surface area contributed by atoms with Crippen LogP contribution in [0.15, 0.2) is 66.9 Å². The van der Waals surface area contributed by atoms with Crippen LogP contribution in [0.25, 0.3) is 10.9 Å². The van der Waals surface area contributed by atoms with Crippen molar-refractivity contribution >= 4 is 22.7 Å². The number of para-hydroxylation sites is 1. The summed E-state index contributed by atoms with van der Waals surface area (Å²) in [6.07, 6.45) is 7.12. The SMILES string of the molecule is COc1ccc(CCNC(=O)C2C3C=CC4(CN(CCc5c[nH]c6ccccc56)C(=O)C24)O3)cc1. The number of hydrogen-bond donors (Lipinski definition) is 2. The van der Waals surface area contributed by atoms with Crippen LogP contribution in [0.3, 0.4) is 0 Å². The van der Waals surface area contributed by atoms with Gasteiger partial charge in [0.05, 0.1) is 31.6 Å². The minimum Gasteiger partial charge on any atom is -0.497 e. The first-order chi connectivity index (χ1) is 17.1. The lowest BCUT2D eigenvalue weighted by molar-refractivity contribution is -0.137. The number of aromatic nitrogens is 1. The highest BCUT2D eigenvalue weighted by Gasteiger charge is 2.66. The van der Waals surface area contributed by atoms with Gasteiger partial charge in [-0.2, -0.15) is 0 Å². The van der Waals surface area contributed by atoms with Crippen molar-refractivity contribution in [3.63, 3.8) is 0 Å². The maximum atomic E-state index is 13.5. The van der Waals surface area contributed by atoms with Crippen molar-refractivity contribution in [1.82, 2.24) is 15.2 Å². The molecule has 7 nitrogen and oxygen atoms in total. The smallest absolute Gasteiger partial charge is 0.230 e. The molecule has 4 atom stereocenters. The predicted octanol–water partition coefficient (Wildman–Crippen LogP) is 2.86. The van der Waals surface area contributed by atoms with E-state index in [4.69, 9.17) is 9.47 Å². The third-order valence-corrected chi connectivity index (χ3v) is 7.68. The molecule has 3 aromatic rings. The fourth-order valence-electron chi connectivity index (χ4n) is 5.90. The van der Waals surface area contributed by atoms with Gasteiger partial charge in [0.1, 0.15) is 11.4 Å². The molecular weight excluding hydrogens is 442 g/mol. The summed E-state index contributed by atoms with van der Waals surface area (Å²) in [4.78, 5) is 31.8. The zero-order valence-corrected chi connectivity index (χ0v) is 19.7. The molecule has 2 N–H and O–H groups in total. The third-order valence-electron chi connectivity index (χ3n) is 7.68. The number of amides is 2. The highest BCUT2D eigenvalue weighted by atomic mass is 16.5. The number of hydrogen-bond acceptors (Lipinski definition) is 4. The quantitative estimate of drug-likeness (QED) is 0.495. The van der Waals surface area contributed by atoms with Gasteiger partial charge in [0, 0.05) is 30.2 Å². The minimum absolute atomic E-state index is 0.0204. The van der Waals surface area contributed by atoms with Gasteiger partial charge in [-0.3, -0.25) is 9.59 Å². The summed E-state index contributed by atoms with van der Waals surface area (Å²) in [5.74, 6) is -0.218. The van der Waals surface area contributed by atoms with Crippen LogP contribution in [0.2, 0.25) is 0 Å². The molecule has 2 bridgehead atoms. The van der Waals surface area contributed by atoms with Crippen LogP contribution in [0.1, 0.15) is 11.1 Å². The van der Waals surface area contributed by atoms with Gasteiger partial charge in [-0.1, -0.05) is 42.5 Å². The van der Waals surface area contributed by atoms with E-state index in [1.54, 1.807) is 7.11 Å². The van der Waals surface area contributed by atoms with Gasteiger partial charge in [0.25, 0.3) is 0 Å². The van der Waals surface area contributed by atoms with Gasteiger partial charge in [0.2, 0.25) is 11.8 Å². The number of nitrogens with zero attached hydrogens (tertiary/aromatic N) is 1. The fraction of sp³-hybridized carbons (Fsp3) is 0.357. The Morgan fingerprint density at radius 2 is 2.03 bits per heavy atom. The van der Waals surface area contributed by atoms with Gasteiger partial charge in [-0.25, -0.2) is 0 Å². The molecule has 3 aliphatic rings. The number of rotatable bonds is 8. The zero-order chi connectivity index (χ0) is 24.0. The Bertz CT molecular complexity index is 1300. The van der Waals surface area contributed by atoms with E-state index in [1.807, 2.05) is 59.6 Å². The van der Waals surface area contributed by atoms with E-state index in [1.165, 1.54) is 10.9 Å². The Kier molecular flexibility index (Phi) is 5.37. The third kappa shape index (κ3) is 3.71. The largest absolute Gasteiger partial charge is 0.497 e. The van der Waals surface area contributed by atoms with Crippen molar-refractivity contribution in [2.24, 2.45) is 11.8 Å². The Hall–Kier alpha value is -3.58. The number of H-pyrrole nitrogens is 1. The van der Waals surface area contributed by atoms with E-state index >= 15 is 0 Å². The average molecular weight is 472 g/mol. The molecule has 7 heteroatoms. The molecule has 1 aromatic heterocycles. The number of ether oxygens (including phenoxy) is 2. The van der Waals surface area contributed by atoms with Crippen molar-refractivity contribution in [2.45, 2.75) is 24.5 Å². The Morgan fingerprint density at radius 3 is 2.86 bits per heavy atom. The molecule has 2 fully saturated rings. The molecular formula is C28H29N3O4. The number of nitrogens with one attached hydrogen (secondary N) is 2. The van der Waals surface area contributed by atoms with E-state index in [0.29, 0.717) is 26.1 Å². The molecule has 4 heterocycles. The molecule has 2 amide bonds. The monoisotopic (exact) mass is 471 g/mol. The summed E-state index contributed by atoms with van der Waals surface area (Å²) in [5.41, 5.74) is 2.73. The van der Waals surface area contributed by atoms with E-state index in [0.717, 1.165) is 23.3 Å². The second kappa shape index (κ2) is 8.57. The first-order valence-corrected chi connectivity index (χ1v) is 12.2. The van der Waals surface area contributed by atoms with Crippen LogP contribution in [-0.2, 0) is 27.2 Å². The molecule has 1 spiro atoms. The highest BCUT2D eigenvalue weighted by Crippen LogP contribution is 2.51. The molecule has 35 heavy (non-hydrogen) atoms. The normalized spacial score (nSPS) is 26.5. The topological polar surface area (TPSA) is 83.7 Å². The standard InChI is InChI=1S/C28H29N3O4/c1-34-20-8-6-18(7-9-20)11-14-29-26(32)24-23-10-13-28(35-23)17-31(27(33)25(24)28)15-12-19-16-30-22-5-3-2-4-21(19)22/h2-10,13,16,23-25,30H,11-12,14-15,17H2,1H3,(H,29,32). The summed E-state index contributed by atoms with van der Waals surface area (Å²) >= 11 is 0. The average Bonchev–Trinajstić information content (AvgIpc) is 3.63. The summed E-state index contributed by atoms with van der Waals surface area (Å²) in [7, 11) is 1.64.